The van der Waals surface area contributed by atoms with Crippen molar-refractivity contribution >= 4 is 11.6 Å². The predicted octanol–water partition coefficient (Wildman–Crippen LogP) is 3.58. The average molecular weight is 442 g/mol. The molecule has 2 aromatic rings. The van der Waals surface area contributed by atoms with Crippen LogP contribution in [0.3, 0.4) is 0 Å². The molecule has 0 aliphatic rings. The summed E-state index contributed by atoms with van der Waals surface area (Å²) < 4.78 is 59.0. The van der Waals surface area contributed by atoms with Gasteiger partial charge in [0.1, 0.15) is 6.61 Å². The minimum Gasteiger partial charge on any atom is -0.493 e. The molecule has 0 saturated carbocycles. The van der Waals surface area contributed by atoms with Crippen LogP contribution in [0.1, 0.15) is 12.5 Å². The van der Waals surface area contributed by atoms with Crippen molar-refractivity contribution in [2.75, 3.05) is 46.3 Å². The van der Waals surface area contributed by atoms with Gasteiger partial charge >= 0.3 is 6.18 Å². The summed E-state index contributed by atoms with van der Waals surface area (Å²) in [6.07, 6.45) is -3.70. The van der Waals surface area contributed by atoms with Crippen molar-refractivity contribution in [3.05, 3.63) is 36.0 Å². The van der Waals surface area contributed by atoms with E-state index < -0.39 is 11.7 Å². The summed E-state index contributed by atoms with van der Waals surface area (Å²) >= 11 is 0. The molecule has 0 aliphatic heterocycles. The smallest absolute Gasteiger partial charge is 0.417 e. The Morgan fingerprint density at radius 1 is 1.06 bits per heavy atom. The number of nitrogens with one attached hydrogen (secondary N) is 2. The Bertz CT molecular complexity index is 849. The first-order valence-corrected chi connectivity index (χ1v) is 9.33. The predicted molar refractivity (Wildman–Crippen MR) is 110 cm³/mol. The van der Waals surface area contributed by atoms with E-state index >= 15 is 0 Å². The van der Waals surface area contributed by atoms with Gasteiger partial charge < -0.3 is 29.6 Å². The zero-order chi connectivity index (χ0) is 22.9. The largest absolute Gasteiger partial charge is 0.493 e. The molecule has 0 bridgehead atoms. The van der Waals surface area contributed by atoms with Crippen LogP contribution in [0.4, 0.5) is 18.9 Å². The molecular weight excluding hydrogens is 417 g/mol. The summed E-state index contributed by atoms with van der Waals surface area (Å²) in [5.74, 6) is 2.00. The fraction of sp³-hybridized carbons (Fsp3) is 0.400. The van der Waals surface area contributed by atoms with E-state index in [2.05, 4.69) is 20.6 Å². The molecule has 0 spiro atoms. The van der Waals surface area contributed by atoms with Gasteiger partial charge in [-0.1, -0.05) is 0 Å². The number of methoxy groups -OCH3 is 3. The Kier molecular flexibility index (Phi) is 8.59. The lowest BCUT2D eigenvalue weighted by atomic mass is 10.2. The average Bonchev–Trinajstić information content (AvgIpc) is 2.75. The number of halogens is 3. The van der Waals surface area contributed by atoms with Gasteiger partial charge in [-0.25, -0.2) is 9.98 Å². The lowest BCUT2D eigenvalue weighted by Crippen LogP contribution is -2.31. The number of hydrogen-bond acceptors (Lipinski definition) is 6. The van der Waals surface area contributed by atoms with Gasteiger partial charge in [-0.15, -0.1) is 0 Å². The maximum absolute atomic E-state index is 12.6. The van der Waals surface area contributed by atoms with Crippen LogP contribution in [0.2, 0.25) is 0 Å². The number of nitrogens with zero attached hydrogens (tertiary/aromatic N) is 2. The number of pyridine rings is 1. The van der Waals surface area contributed by atoms with Crippen LogP contribution in [0.5, 0.6) is 23.1 Å². The van der Waals surface area contributed by atoms with Crippen molar-refractivity contribution < 1.29 is 32.1 Å². The number of anilines is 1. The topological polar surface area (TPSA) is 86.2 Å². The van der Waals surface area contributed by atoms with Crippen LogP contribution < -0.4 is 29.6 Å². The zero-order valence-electron chi connectivity index (χ0n) is 17.7. The number of ether oxygens (including phenoxy) is 4. The molecule has 170 valence electrons. The minimum atomic E-state index is -4.44. The third-order valence-electron chi connectivity index (χ3n) is 3.95. The monoisotopic (exact) mass is 442 g/mol. The summed E-state index contributed by atoms with van der Waals surface area (Å²) in [7, 11) is 4.56. The molecule has 1 heterocycles. The number of hydrogen-bond donors (Lipinski definition) is 2. The van der Waals surface area contributed by atoms with Crippen molar-refractivity contribution in [3.8, 4) is 23.1 Å². The molecule has 11 heteroatoms. The number of alkyl halides is 3. The number of aliphatic imine (C=N–C) groups is 1. The third kappa shape index (κ3) is 6.83. The SMILES string of the molecule is CCNC(=NCCOc1ccc(C(F)(F)F)cn1)Nc1cc(OC)c(OC)c(OC)c1. The highest BCUT2D eigenvalue weighted by molar-refractivity contribution is 5.94. The van der Waals surface area contributed by atoms with E-state index in [1.807, 2.05) is 6.92 Å². The van der Waals surface area contributed by atoms with Crippen molar-refractivity contribution in [2.45, 2.75) is 13.1 Å². The van der Waals surface area contributed by atoms with E-state index in [4.69, 9.17) is 18.9 Å². The van der Waals surface area contributed by atoms with Gasteiger partial charge in [-0.2, -0.15) is 13.2 Å². The molecule has 2 N–H and O–H groups in total. The summed E-state index contributed by atoms with van der Waals surface area (Å²) in [4.78, 5) is 8.04. The van der Waals surface area contributed by atoms with Crippen molar-refractivity contribution in [3.63, 3.8) is 0 Å². The van der Waals surface area contributed by atoms with E-state index in [0.717, 1.165) is 12.3 Å². The van der Waals surface area contributed by atoms with E-state index in [1.54, 1.807) is 12.1 Å². The first-order chi connectivity index (χ1) is 14.8. The highest BCUT2D eigenvalue weighted by atomic mass is 19.4. The maximum Gasteiger partial charge on any atom is 0.417 e. The maximum atomic E-state index is 12.6. The Hall–Kier alpha value is -3.37. The molecule has 0 radical (unpaired) electrons. The number of aromatic nitrogens is 1. The van der Waals surface area contributed by atoms with Gasteiger partial charge in [0, 0.05) is 36.6 Å². The van der Waals surface area contributed by atoms with E-state index in [0.29, 0.717) is 35.4 Å². The second-order valence-corrected chi connectivity index (χ2v) is 6.03. The first kappa shape index (κ1) is 23.9. The summed E-state index contributed by atoms with van der Waals surface area (Å²) in [6.45, 7) is 2.89. The van der Waals surface area contributed by atoms with Crippen molar-refractivity contribution in [2.24, 2.45) is 4.99 Å². The fourth-order valence-electron chi connectivity index (χ4n) is 2.54. The highest BCUT2D eigenvalue weighted by Gasteiger charge is 2.30. The van der Waals surface area contributed by atoms with Gasteiger partial charge in [0.25, 0.3) is 0 Å². The third-order valence-corrected chi connectivity index (χ3v) is 3.95. The molecule has 0 fully saturated rings. The highest BCUT2D eigenvalue weighted by Crippen LogP contribution is 2.39. The van der Waals surface area contributed by atoms with Gasteiger partial charge in [-0.05, 0) is 13.0 Å². The van der Waals surface area contributed by atoms with Crippen molar-refractivity contribution in [1.82, 2.24) is 10.3 Å². The summed E-state index contributed by atoms with van der Waals surface area (Å²) in [5.41, 5.74) is -0.179. The van der Waals surface area contributed by atoms with Crippen LogP contribution in [0.25, 0.3) is 0 Å². The minimum absolute atomic E-state index is 0.0887. The van der Waals surface area contributed by atoms with E-state index in [-0.39, 0.29) is 19.0 Å². The van der Waals surface area contributed by atoms with Crippen LogP contribution >= 0.6 is 0 Å². The van der Waals surface area contributed by atoms with Crippen LogP contribution in [0, 0.1) is 0 Å². The zero-order valence-corrected chi connectivity index (χ0v) is 17.7. The molecule has 0 aliphatic carbocycles. The Morgan fingerprint density at radius 3 is 2.23 bits per heavy atom. The second-order valence-electron chi connectivity index (χ2n) is 6.03. The lowest BCUT2D eigenvalue weighted by Gasteiger charge is -2.16. The molecule has 0 amide bonds. The van der Waals surface area contributed by atoms with Crippen LogP contribution in [0.15, 0.2) is 35.5 Å². The molecule has 1 aromatic carbocycles. The molecule has 8 nitrogen and oxygen atoms in total. The van der Waals surface area contributed by atoms with Gasteiger partial charge in [0.05, 0.1) is 33.4 Å². The first-order valence-electron chi connectivity index (χ1n) is 9.33. The quantitative estimate of drug-likeness (QED) is 0.349. The lowest BCUT2D eigenvalue weighted by molar-refractivity contribution is -0.137. The molecule has 0 atom stereocenters. The Balaban J connectivity index is 2.02. The normalized spacial score (nSPS) is 11.6. The van der Waals surface area contributed by atoms with Crippen molar-refractivity contribution in [1.29, 1.82) is 0 Å². The fourth-order valence-corrected chi connectivity index (χ4v) is 2.54. The van der Waals surface area contributed by atoms with Gasteiger partial charge in [0.2, 0.25) is 11.6 Å². The number of benzene rings is 1. The van der Waals surface area contributed by atoms with Gasteiger partial charge in [-0.3, -0.25) is 0 Å². The number of guanidine groups is 1. The molecule has 2 rings (SSSR count). The summed E-state index contributed by atoms with van der Waals surface area (Å²) in [5, 5.41) is 6.22. The van der Waals surface area contributed by atoms with Gasteiger partial charge in [0.15, 0.2) is 17.5 Å². The molecular formula is C20H25F3N4O4. The Morgan fingerprint density at radius 2 is 1.74 bits per heavy atom. The van der Waals surface area contributed by atoms with Crippen LogP contribution in [-0.4, -0.2) is 52.0 Å². The molecule has 0 unspecified atom stereocenters. The van der Waals surface area contributed by atoms with E-state index in [1.165, 1.54) is 27.4 Å². The molecule has 31 heavy (non-hydrogen) atoms. The summed E-state index contributed by atoms with van der Waals surface area (Å²) in [6, 6.07) is 5.56. The second kappa shape index (κ2) is 11.1. The standard InChI is InChI=1S/C20H25F3N4O4/c1-5-24-19(27-14-10-15(28-2)18(30-4)16(11-14)29-3)25-8-9-31-17-7-6-13(12-26-17)20(21,22)23/h6-7,10-12H,5,8-9H2,1-4H3,(H2,24,25,27). The Labute approximate surface area is 178 Å². The molecule has 0 saturated heterocycles. The number of rotatable bonds is 9. The van der Waals surface area contributed by atoms with E-state index in [9.17, 15) is 13.2 Å². The van der Waals surface area contributed by atoms with Crippen LogP contribution in [-0.2, 0) is 6.18 Å². The molecule has 1 aromatic heterocycles.